The van der Waals surface area contributed by atoms with Gasteiger partial charge in [-0.3, -0.25) is 33.8 Å². The van der Waals surface area contributed by atoms with E-state index in [4.69, 9.17) is 21.3 Å². The van der Waals surface area contributed by atoms with E-state index < -0.39 is 64.9 Å². The smallest absolute Gasteiger partial charge is 0.494 e. The Hall–Kier alpha value is -7.37. The number of likely N-dealkylation sites (N-methyl/N-ethyl adjacent to an activating group) is 1. The molecule has 4 amide bonds. The van der Waals surface area contributed by atoms with Crippen LogP contribution in [0.5, 0.6) is 5.75 Å². The first-order chi connectivity index (χ1) is 50.2. The minimum absolute atomic E-state index is 0.0373. The Morgan fingerprint density at radius 3 is 2.21 bits per heavy atom. The van der Waals surface area contributed by atoms with Crippen LogP contribution in [0.15, 0.2) is 147 Å². The second-order valence-electron chi connectivity index (χ2n) is 28.7. The number of alkyl halides is 3. The highest BCUT2D eigenvalue weighted by Gasteiger charge is 2.49. The minimum atomic E-state index is -6.18. The van der Waals surface area contributed by atoms with Gasteiger partial charge in [-0.25, -0.2) is 26.5 Å². The van der Waals surface area contributed by atoms with E-state index >= 15 is 0 Å². The van der Waals surface area contributed by atoms with Gasteiger partial charge >= 0.3 is 5.51 Å². The summed E-state index contributed by atoms with van der Waals surface area (Å²) in [5, 5.41) is 12.1. The summed E-state index contributed by atoms with van der Waals surface area (Å²) in [6, 6.07) is 30.7. The number of sulfonamides is 1. The van der Waals surface area contributed by atoms with Crippen LogP contribution in [-0.4, -0.2) is 186 Å². The van der Waals surface area contributed by atoms with Crippen molar-refractivity contribution in [2.75, 3.05) is 102 Å². The summed E-state index contributed by atoms with van der Waals surface area (Å²) in [5.74, 6) is -0.999. The first-order valence-electron chi connectivity index (χ1n) is 36.2. The normalized spacial score (nSPS) is 18.9. The summed E-state index contributed by atoms with van der Waals surface area (Å²) in [5.41, 5.74) is -0.690. The number of piperazine rings is 2. The lowest BCUT2D eigenvalue weighted by molar-refractivity contribution is -0.139. The van der Waals surface area contributed by atoms with Gasteiger partial charge in [0.1, 0.15) is 27.4 Å². The molecule has 2 aliphatic carbocycles. The Kier molecular flexibility index (Phi) is 26.3. The number of ketones is 1. The number of nitrogens with one attached hydrogen (secondary N) is 4. The highest BCUT2D eigenvalue weighted by Crippen LogP contribution is 2.44. The third kappa shape index (κ3) is 20.3. The third-order valence-electron chi connectivity index (χ3n) is 20.8. The predicted octanol–water partition coefficient (Wildman–Crippen LogP) is 12.5. The average molecular weight is 1540 g/mol. The molecule has 5 aliphatic rings. The number of benzene rings is 5. The summed E-state index contributed by atoms with van der Waals surface area (Å²) in [6.07, 6.45) is 10.3. The number of nitrogens with zero attached hydrogens (tertiary/aromatic N) is 6. The summed E-state index contributed by atoms with van der Waals surface area (Å²) < 4.78 is 106. The molecule has 28 heteroatoms. The van der Waals surface area contributed by atoms with Gasteiger partial charge < -0.3 is 35.4 Å². The maximum atomic E-state index is 14.6. The number of thioether (sulfide) groups is 1. The summed E-state index contributed by atoms with van der Waals surface area (Å²) >= 11 is 8.97. The number of rotatable bonds is 29. The van der Waals surface area contributed by atoms with Crippen molar-refractivity contribution >= 4 is 101 Å². The first kappa shape index (κ1) is 78.7. The lowest BCUT2D eigenvalue weighted by atomic mass is 9.73. The highest BCUT2D eigenvalue weighted by atomic mass is 35.5. The summed E-state index contributed by atoms with van der Waals surface area (Å²) in [4.78, 5) is 82.3. The number of allylic oxidation sites excluding steroid dienone is 1. The predicted molar refractivity (Wildman–Crippen MR) is 405 cm³/mol. The number of carbonyl (C=O) groups is 5. The van der Waals surface area contributed by atoms with Gasteiger partial charge in [0.15, 0.2) is 0 Å². The molecule has 4 heterocycles. The number of amides is 4. The molecule has 4 fully saturated rings. The van der Waals surface area contributed by atoms with Crippen LogP contribution in [0.2, 0.25) is 5.02 Å². The summed E-state index contributed by atoms with van der Waals surface area (Å²) in [6.45, 7) is 13.1. The Morgan fingerprint density at radius 2 is 1.50 bits per heavy atom. The van der Waals surface area contributed by atoms with E-state index in [1.165, 1.54) is 51.9 Å². The monoisotopic (exact) mass is 1540 g/mol. The second kappa shape index (κ2) is 35.1. The number of sulfone groups is 1. The number of aromatic nitrogens is 1. The average Bonchev–Trinajstić information content (AvgIpc) is 1.24. The van der Waals surface area contributed by atoms with Gasteiger partial charge in [-0.15, -0.1) is 23.1 Å². The minimum Gasteiger partial charge on any atom is -0.494 e. The maximum Gasteiger partial charge on any atom is 0.501 e. The molecule has 564 valence electrons. The fourth-order valence-corrected chi connectivity index (χ4v) is 18.7. The van der Waals surface area contributed by atoms with E-state index in [9.17, 15) is 54.0 Å². The first-order valence-corrected chi connectivity index (χ1v) is 41.5. The molecule has 4 atom stereocenters. The molecule has 20 nitrogen and oxygen atoms in total. The lowest BCUT2D eigenvalue weighted by Gasteiger charge is -2.39. The zero-order chi connectivity index (χ0) is 74.6. The second-order valence-corrected chi connectivity index (χ2v) is 34.7. The Morgan fingerprint density at radius 1 is 0.790 bits per heavy atom. The molecule has 1 saturated carbocycles. The molecule has 3 aliphatic heterocycles. The quantitative estimate of drug-likeness (QED) is 0.0194. The zero-order valence-electron chi connectivity index (χ0n) is 59.8. The Labute approximate surface area is 627 Å². The molecule has 5 aromatic carbocycles. The number of carbonyl (C=O) groups excluding carboxylic acids is 5. The molecule has 11 rings (SSSR count). The fraction of sp³-hybridized carbons (Fsp3) is 0.481. The Bertz CT molecular complexity index is 4300. The van der Waals surface area contributed by atoms with Crippen molar-refractivity contribution < 1.29 is 58.7 Å². The molecule has 4 N–H and O–H groups in total. The van der Waals surface area contributed by atoms with E-state index in [-0.39, 0.29) is 70.9 Å². The van der Waals surface area contributed by atoms with Gasteiger partial charge in [0, 0.05) is 122 Å². The van der Waals surface area contributed by atoms with Crippen molar-refractivity contribution in [3.8, 4) is 5.75 Å². The lowest BCUT2D eigenvalue weighted by Crippen LogP contribution is -2.55. The summed E-state index contributed by atoms with van der Waals surface area (Å²) in [7, 11) is -9.41. The standard InChI is InChI=1S/C77H94ClF3N10O10S4/c1-52(82-4)72(94)85-70(54-14-7-5-8-15-54)75(96)91-35-12-20-67(91)74-84-66(51-103-74)71(93)56-16-11-17-61(46-56)101-45-13-21-69(92)90-43-37-87(38-44-90)36-33-59(50-102-62-18-9-6-10-19-62)83-65-31-30-63(47-68(65)104(97,98)77(79,80)81)105(99,100)86-73(95)55-24-28-60(29-25-55)89-41-39-88(40-42-89)49-57-48-76(2,3)34-32-64(57)53-22-26-58(78)27-23-53/h6,9-11,16-19,22-31,46-47,51-52,54,59,67,70,82-83H,5,7-8,12-15,20-21,32-45,48-50H2,1-4H3,(H,85,94)(H,86,95)/t52-,59+,67-,70-/m0/s1. The van der Waals surface area contributed by atoms with Crippen LogP contribution in [0, 0.1) is 11.3 Å². The van der Waals surface area contributed by atoms with Crippen LogP contribution in [0.3, 0.4) is 0 Å². The van der Waals surface area contributed by atoms with Crippen LogP contribution in [0.1, 0.15) is 147 Å². The highest BCUT2D eigenvalue weighted by molar-refractivity contribution is 7.99. The van der Waals surface area contributed by atoms with Crippen molar-refractivity contribution in [1.82, 2.24) is 39.9 Å². The fourth-order valence-electron chi connectivity index (χ4n) is 14.6. The maximum absolute atomic E-state index is 14.6. The molecule has 0 unspecified atom stereocenters. The van der Waals surface area contributed by atoms with E-state index in [1.54, 1.807) is 60.6 Å². The molecule has 105 heavy (non-hydrogen) atoms. The van der Waals surface area contributed by atoms with Gasteiger partial charge in [-0.05, 0) is 173 Å². The SMILES string of the molecule is CN[C@@H](C)C(=O)N[C@H](C(=O)N1CCC[C@H]1c1nc(C(=O)c2cccc(OCCCC(=O)N3CCN(CC[C@H](CSc4ccccc4)Nc4ccc(S(=O)(=O)NC(=O)c5ccc(N6CCN(CC7=C(c8ccc(Cl)cc8)CCC(C)(C)C7)CC6)cc5)cc4S(=O)(=O)C(F)(F)F)CC3)c2)cs1)C1CCCCC1. The van der Waals surface area contributed by atoms with Crippen LogP contribution >= 0.6 is 34.7 Å². The van der Waals surface area contributed by atoms with Crippen molar-refractivity contribution in [2.24, 2.45) is 11.3 Å². The number of hydrogen-bond donors (Lipinski definition) is 4. The van der Waals surface area contributed by atoms with Gasteiger partial charge in [0.2, 0.25) is 23.5 Å². The molecule has 0 radical (unpaired) electrons. The molecule has 6 aromatic rings. The van der Waals surface area contributed by atoms with Crippen molar-refractivity contribution in [3.63, 3.8) is 0 Å². The van der Waals surface area contributed by atoms with Crippen LogP contribution in [0.4, 0.5) is 24.5 Å². The van der Waals surface area contributed by atoms with Crippen molar-refractivity contribution in [2.45, 2.75) is 149 Å². The number of halogens is 4. The number of likely N-dealkylation sites (tertiary alicyclic amines) is 1. The van der Waals surface area contributed by atoms with Crippen molar-refractivity contribution in [1.29, 1.82) is 0 Å². The molecule has 0 bridgehead atoms. The molecule has 0 spiro atoms. The van der Waals surface area contributed by atoms with Gasteiger partial charge in [0.05, 0.1) is 29.3 Å². The van der Waals surface area contributed by atoms with Gasteiger partial charge in [0.25, 0.3) is 25.8 Å². The Balaban J connectivity index is 0.658. The van der Waals surface area contributed by atoms with Gasteiger partial charge in [-0.2, -0.15) is 13.2 Å². The van der Waals surface area contributed by atoms with E-state index in [0.717, 1.165) is 100 Å². The van der Waals surface area contributed by atoms with Gasteiger partial charge in [-0.1, -0.05) is 92.7 Å². The molecular weight excluding hydrogens is 1450 g/mol. The van der Waals surface area contributed by atoms with E-state index in [1.807, 2.05) is 52.1 Å². The van der Waals surface area contributed by atoms with E-state index in [0.29, 0.717) is 99.0 Å². The van der Waals surface area contributed by atoms with Crippen LogP contribution in [-0.2, 0) is 34.2 Å². The topological polar surface area (TPSA) is 240 Å². The number of ether oxygens (including phenoxy) is 1. The van der Waals surface area contributed by atoms with Crippen LogP contribution < -0.4 is 30.3 Å². The third-order valence-corrected chi connectivity index (χ3v) is 26.0. The largest absolute Gasteiger partial charge is 0.501 e. The molecular formula is C77H94ClF3N10O10S4. The molecule has 3 saturated heterocycles. The number of anilines is 2. The number of thiazole rings is 1. The van der Waals surface area contributed by atoms with Crippen molar-refractivity contribution in [3.05, 3.63) is 165 Å². The zero-order valence-corrected chi connectivity index (χ0v) is 63.8. The van der Waals surface area contributed by atoms with E-state index in [2.05, 4.69) is 56.6 Å². The molecule has 1 aromatic heterocycles. The van der Waals surface area contributed by atoms with Crippen LogP contribution in [0.25, 0.3) is 5.57 Å². The number of hydrogen-bond acceptors (Lipinski definition) is 18.